The lowest BCUT2D eigenvalue weighted by atomic mass is 9.89. The smallest absolute Gasteiger partial charge is 0.416 e. The molecule has 12 heteroatoms. The highest BCUT2D eigenvalue weighted by molar-refractivity contribution is 7.84. The zero-order valence-corrected chi connectivity index (χ0v) is 19.3. The summed E-state index contributed by atoms with van der Waals surface area (Å²) in [5.74, 6) is -1.31. The van der Waals surface area contributed by atoms with Crippen LogP contribution in [0, 0.1) is 11.6 Å². The van der Waals surface area contributed by atoms with Gasteiger partial charge < -0.3 is 9.47 Å². The molecule has 0 bridgehead atoms. The number of halogens is 2. The highest BCUT2D eigenvalue weighted by Gasteiger charge is 2.41. The van der Waals surface area contributed by atoms with Gasteiger partial charge in [0.15, 0.2) is 28.6 Å². The van der Waals surface area contributed by atoms with E-state index in [9.17, 15) is 17.8 Å². The van der Waals surface area contributed by atoms with Gasteiger partial charge in [-0.15, -0.1) is 0 Å². The van der Waals surface area contributed by atoms with E-state index in [4.69, 9.17) is 9.47 Å². The molecule has 3 heterocycles. The molecular formula is C22H21F2N5O4S. The number of aromatic nitrogens is 2. The fourth-order valence-corrected chi connectivity index (χ4v) is 3.91. The maximum atomic E-state index is 15.0. The van der Waals surface area contributed by atoms with E-state index in [0.29, 0.717) is 5.56 Å². The van der Waals surface area contributed by atoms with Crippen LogP contribution in [0.4, 0.5) is 19.4 Å². The van der Waals surface area contributed by atoms with Gasteiger partial charge in [-0.2, -0.15) is 0 Å². The lowest BCUT2D eigenvalue weighted by molar-refractivity contribution is 0.0735. The number of carbonyl (C=O) groups excluding carboxylic acids is 1. The molecule has 1 unspecified atom stereocenters. The lowest BCUT2D eigenvalue weighted by Gasteiger charge is -2.42. The van der Waals surface area contributed by atoms with Crippen LogP contribution in [-0.4, -0.2) is 32.2 Å². The molecular weight excluding hydrogens is 468 g/mol. The van der Waals surface area contributed by atoms with Crippen LogP contribution in [0.25, 0.3) is 0 Å². The van der Waals surface area contributed by atoms with E-state index in [1.807, 2.05) is 0 Å². The molecule has 1 amide bonds. The molecule has 0 saturated carbocycles. The van der Waals surface area contributed by atoms with Gasteiger partial charge in [0.25, 0.3) is 5.88 Å². The van der Waals surface area contributed by atoms with E-state index in [2.05, 4.69) is 19.4 Å². The van der Waals surface area contributed by atoms with Gasteiger partial charge >= 0.3 is 6.09 Å². The van der Waals surface area contributed by atoms with E-state index >= 15 is 0 Å². The van der Waals surface area contributed by atoms with Crippen molar-refractivity contribution in [2.45, 2.75) is 25.9 Å². The van der Waals surface area contributed by atoms with Crippen molar-refractivity contribution in [2.24, 2.45) is 0 Å². The van der Waals surface area contributed by atoms with Crippen molar-refractivity contribution in [2.75, 3.05) is 11.8 Å². The fourth-order valence-electron chi connectivity index (χ4n) is 3.49. The van der Waals surface area contributed by atoms with Crippen molar-refractivity contribution in [1.82, 2.24) is 19.6 Å². The summed E-state index contributed by atoms with van der Waals surface area (Å²) in [4.78, 5) is 22.0. The van der Waals surface area contributed by atoms with Crippen LogP contribution in [0.15, 0.2) is 48.8 Å². The van der Waals surface area contributed by atoms with Gasteiger partial charge in [-0.1, -0.05) is 0 Å². The second kappa shape index (κ2) is 9.31. The van der Waals surface area contributed by atoms with Gasteiger partial charge in [0.1, 0.15) is 11.5 Å². The average molecular weight is 490 g/mol. The highest BCUT2D eigenvalue weighted by Crippen LogP contribution is 2.42. The van der Waals surface area contributed by atoms with Crippen LogP contribution in [0.3, 0.4) is 0 Å². The molecule has 2 aromatic heterocycles. The molecule has 3 aromatic rings. The Kier molecular flexibility index (Phi) is 6.44. The monoisotopic (exact) mass is 489 g/mol. The molecule has 34 heavy (non-hydrogen) atoms. The minimum absolute atomic E-state index is 0.127. The second-order valence-corrected chi connectivity index (χ2v) is 8.92. The number of ether oxygens (including phenoxy) is 2. The second-order valence-electron chi connectivity index (χ2n) is 7.77. The summed E-state index contributed by atoms with van der Waals surface area (Å²) in [6.07, 6.45) is 2.04. The van der Waals surface area contributed by atoms with Crippen LogP contribution < -0.4 is 18.9 Å². The van der Waals surface area contributed by atoms with Gasteiger partial charge in [-0.25, -0.2) is 32.5 Å². The van der Waals surface area contributed by atoms with Crippen molar-refractivity contribution in [3.63, 3.8) is 0 Å². The third-order valence-electron chi connectivity index (χ3n) is 5.32. The number of pyridine rings is 2. The van der Waals surface area contributed by atoms with E-state index in [-0.39, 0.29) is 35.3 Å². The Balaban J connectivity index is 1.60. The van der Waals surface area contributed by atoms with Crippen molar-refractivity contribution in [1.29, 1.82) is 0 Å². The quantitative estimate of drug-likeness (QED) is 0.520. The molecule has 178 valence electrons. The van der Waals surface area contributed by atoms with E-state index in [0.717, 1.165) is 0 Å². The molecule has 4 rings (SSSR count). The number of fused-ring (bicyclic) bond motifs is 1. The summed E-state index contributed by atoms with van der Waals surface area (Å²) in [6.45, 7) is 3.46. The van der Waals surface area contributed by atoms with Crippen LogP contribution in [0.1, 0.15) is 25.0 Å². The third kappa shape index (κ3) is 4.54. The van der Waals surface area contributed by atoms with E-state index in [1.165, 1.54) is 48.6 Å². The minimum atomic E-state index is -1.72. The number of hydrogen-bond donors (Lipinski definition) is 2. The van der Waals surface area contributed by atoms with Crippen LogP contribution in [0.2, 0.25) is 0 Å². The summed E-state index contributed by atoms with van der Waals surface area (Å²) >= 11 is -1.72. The number of carbonyl (C=O) groups is 1. The van der Waals surface area contributed by atoms with Gasteiger partial charge in [-0.05, 0) is 51.2 Å². The molecule has 0 aliphatic carbocycles. The van der Waals surface area contributed by atoms with Gasteiger partial charge in [0.2, 0.25) is 0 Å². The summed E-state index contributed by atoms with van der Waals surface area (Å²) < 4.78 is 56.3. The Labute approximate surface area is 196 Å². The zero-order valence-electron chi connectivity index (χ0n) is 18.5. The average Bonchev–Trinajstić information content (AvgIpc) is 2.80. The fraction of sp³-hybridized carbons (Fsp3) is 0.227. The highest BCUT2D eigenvalue weighted by atomic mass is 32.2. The maximum absolute atomic E-state index is 15.0. The molecule has 9 nitrogen and oxygen atoms in total. The molecule has 1 aliphatic rings. The first-order chi connectivity index (χ1) is 16.2. The maximum Gasteiger partial charge on any atom is 0.416 e. The van der Waals surface area contributed by atoms with Crippen LogP contribution >= 0.6 is 0 Å². The Morgan fingerprint density at radius 2 is 1.97 bits per heavy atom. The molecule has 1 aromatic carbocycles. The number of rotatable bonds is 7. The molecule has 2 N–H and O–H groups in total. The number of amides is 1. The zero-order chi connectivity index (χ0) is 24.5. The largest absolute Gasteiger partial charge is 0.436 e. The summed E-state index contributed by atoms with van der Waals surface area (Å²) in [5.41, 5.74) is -0.0917. The third-order valence-corrected chi connectivity index (χ3v) is 6.07. The number of nitrogens with one attached hydrogen (secondary N) is 2. The molecule has 0 fully saturated rings. The Hall–Kier alpha value is -3.64. The number of nitrogens with zero attached hydrogens (tertiary/aromatic N) is 3. The predicted octanol–water partition coefficient (Wildman–Crippen LogP) is 4.01. The van der Waals surface area contributed by atoms with Gasteiger partial charge in [0, 0.05) is 29.6 Å². The van der Waals surface area contributed by atoms with Crippen molar-refractivity contribution >= 4 is 23.1 Å². The SMILES string of the molecule is CNS(=O)Nc1nccc(CN2C(=O)Oc3cc(Oc4ncccc4F)ccc3C2(C)C)c1F. The Bertz CT molecular complexity index is 1270. The molecule has 0 radical (unpaired) electrons. The number of benzene rings is 1. The number of hydrogen-bond acceptors (Lipinski definition) is 6. The summed E-state index contributed by atoms with van der Waals surface area (Å²) in [5, 5.41) is 0. The van der Waals surface area contributed by atoms with E-state index in [1.54, 1.807) is 26.0 Å². The standard InChI is InChI=1S/C22H21F2N5O4S/c1-22(2)15-7-6-14(32-20-16(23)5-4-9-27-20)11-17(15)33-21(30)29(22)12-13-8-10-26-19(18(13)24)28-34(31)25-3/h4-11,25H,12H2,1-3H3,(H,26,28). The van der Waals surface area contributed by atoms with E-state index < -0.39 is 34.4 Å². The molecule has 0 spiro atoms. The molecule has 1 aliphatic heterocycles. The van der Waals surface area contributed by atoms with Gasteiger partial charge in [-0.3, -0.25) is 9.62 Å². The molecule has 0 saturated heterocycles. The lowest BCUT2D eigenvalue weighted by Crippen LogP contribution is -2.50. The topological polar surface area (TPSA) is 106 Å². The Morgan fingerprint density at radius 3 is 2.71 bits per heavy atom. The first-order valence-electron chi connectivity index (χ1n) is 10.1. The van der Waals surface area contributed by atoms with Crippen molar-refractivity contribution in [3.8, 4) is 17.4 Å². The van der Waals surface area contributed by atoms with Crippen molar-refractivity contribution < 1.29 is 27.3 Å². The first kappa shape index (κ1) is 23.5. The van der Waals surface area contributed by atoms with Gasteiger partial charge in [0.05, 0.1) is 12.1 Å². The summed E-state index contributed by atoms with van der Waals surface area (Å²) in [7, 11) is 1.44. The van der Waals surface area contributed by atoms with Crippen LogP contribution in [-0.2, 0) is 23.3 Å². The normalized spacial score (nSPS) is 15.3. The summed E-state index contributed by atoms with van der Waals surface area (Å²) in [6, 6.07) is 8.86. The predicted molar refractivity (Wildman–Crippen MR) is 120 cm³/mol. The van der Waals surface area contributed by atoms with Crippen molar-refractivity contribution in [3.05, 3.63) is 71.6 Å². The Morgan fingerprint density at radius 1 is 1.18 bits per heavy atom. The number of anilines is 1. The van der Waals surface area contributed by atoms with Crippen LogP contribution in [0.5, 0.6) is 17.4 Å². The molecule has 1 atom stereocenters. The minimum Gasteiger partial charge on any atom is -0.436 e. The first-order valence-corrected chi connectivity index (χ1v) is 11.3.